The number of Topliss-reactive ketones (excluding diaryl/α,β-unsaturated/α-hetero) is 1. The third kappa shape index (κ3) is 4.82. The van der Waals surface area contributed by atoms with Gasteiger partial charge in [-0.05, 0) is 37.0 Å². The molecule has 1 aliphatic heterocycles. The molecule has 1 saturated heterocycles. The Labute approximate surface area is 155 Å². The van der Waals surface area contributed by atoms with Gasteiger partial charge in [0.15, 0.2) is 6.29 Å². The van der Waals surface area contributed by atoms with E-state index in [-0.39, 0.29) is 11.5 Å². The van der Waals surface area contributed by atoms with Crippen molar-refractivity contribution in [3.63, 3.8) is 0 Å². The van der Waals surface area contributed by atoms with Gasteiger partial charge in [-0.15, -0.1) is 0 Å². The van der Waals surface area contributed by atoms with E-state index in [2.05, 4.69) is 20.8 Å². The molecule has 152 valence electrons. The summed E-state index contributed by atoms with van der Waals surface area (Å²) in [6, 6.07) is 0. The van der Waals surface area contributed by atoms with E-state index >= 15 is 0 Å². The first-order valence-corrected chi connectivity index (χ1v) is 9.54. The van der Waals surface area contributed by atoms with E-state index in [4.69, 9.17) is 9.47 Å². The van der Waals surface area contributed by atoms with Gasteiger partial charge >= 0.3 is 0 Å². The van der Waals surface area contributed by atoms with Gasteiger partial charge < -0.3 is 29.9 Å². The molecule has 0 unspecified atom stereocenters. The maximum Gasteiger partial charge on any atom is 0.186 e. The summed E-state index contributed by atoms with van der Waals surface area (Å²) in [6.07, 6.45) is -3.65. The van der Waals surface area contributed by atoms with Crippen LogP contribution in [-0.2, 0) is 14.3 Å². The molecule has 0 radical (unpaired) electrons. The molecular formula is C19H34O7. The first-order chi connectivity index (χ1) is 12.1. The highest BCUT2D eigenvalue weighted by Crippen LogP contribution is 2.45. The summed E-state index contributed by atoms with van der Waals surface area (Å²) < 4.78 is 11.1. The molecule has 0 spiro atoms. The van der Waals surface area contributed by atoms with E-state index < -0.39 is 37.3 Å². The van der Waals surface area contributed by atoms with Crippen molar-refractivity contribution in [1.82, 2.24) is 0 Å². The Balaban J connectivity index is 1.90. The maximum atomic E-state index is 11.9. The number of aliphatic hydroxyl groups is 4. The Kier molecular flexibility index (Phi) is 7.21. The Morgan fingerprint density at radius 2 is 1.88 bits per heavy atom. The molecule has 2 fully saturated rings. The largest absolute Gasteiger partial charge is 0.394 e. The van der Waals surface area contributed by atoms with Crippen molar-refractivity contribution in [3.8, 4) is 0 Å². The predicted molar refractivity (Wildman–Crippen MR) is 94.2 cm³/mol. The van der Waals surface area contributed by atoms with Crippen LogP contribution in [0.15, 0.2) is 0 Å². The molecule has 1 saturated carbocycles. The van der Waals surface area contributed by atoms with Crippen molar-refractivity contribution in [2.75, 3.05) is 6.61 Å². The second-order valence-corrected chi connectivity index (χ2v) is 8.71. The van der Waals surface area contributed by atoms with Gasteiger partial charge in [-0.3, -0.25) is 4.79 Å². The van der Waals surface area contributed by atoms with Gasteiger partial charge in [-0.1, -0.05) is 20.8 Å². The van der Waals surface area contributed by atoms with Crippen LogP contribution < -0.4 is 0 Å². The molecule has 0 amide bonds. The van der Waals surface area contributed by atoms with Crippen LogP contribution in [0.1, 0.15) is 53.4 Å². The second kappa shape index (κ2) is 8.63. The topological polar surface area (TPSA) is 116 Å². The third-order valence-electron chi connectivity index (χ3n) is 5.99. The number of carbonyl (C=O) groups excluding carboxylic acids is 1. The Hall–Kier alpha value is -0.570. The van der Waals surface area contributed by atoms with Gasteiger partial charge in [0, 0.05) is 12.8 Å². The second-order valence-electron chi connectivity index (χ2n) is 8.71. The SMILES string of the molecule is C[C@H](CC[C@H]1[C@H](C)CC(=O)CC1(C)C)O[C@H]1O[C@H](CO)[C@@H](O)[C@H](O)[C@H]1O. The number of rotatable bonds is 6. The van der Waals surface area contributed by atoms with Crippen LogP contribution in [0, 0.1) is 17.3 Å². The highest BCUT2D eigenvalue weighted by atomic mass is 16.7. The molecule has 0 aromatic carbocycles. The van der Waals surface area contributed by atoms with Gasteiger partial charge in [0.1, 0.15) is 30.2 Å². The summed E-state index contributed by atoms with van der Waals surface area (Å²) in [6.45, 7) is 7.78. The van der Waals surface area contributed by atoms with Crippen molar-refractivity contribution >= 4 is 5.78 Å². The minimum Gasteiger partial charge on any atom is -0.394 e. The molecule has 8 atom stereocenters. The highest BCUT2D eigenvalue weighted by Gasteiger charge is 2.45. The fourth-order valence-corrected chi connectivity index (χ4v) is 4.55. The molecule has 26 heavy (non-hydrogen) atoms. The zero-order valence-electron chi connectivity index (χ0n) is 16.2. The summed E-state index contributed by atoms with van der Waals surface area (Å²) in [4.78, 5) is 11.9. The number of ether oxygens (including phenoxy) is 2. The van der Waals surface area contributed by atoms with Crippen LogP contribution in [0.25, 0.3) is 0 Å². The van der Waals surface area contributed by atoms with Crippen molar-refractivity contribution in [2.24, 2.45) is 17.3 Å². The monoisotopic (exact) mass is 374 g/mol. The lowest BCUT2D eigenvalue weighted by atomic mass is 9.62. The quantitative estimate of drug-likeness (QED) is 0.538. The van der Waals surface area contributed by atoms with Gasteiger partial charge in [-0.25, -0.2) is 0 Å². The van der Waals surface area contributed by atoms with E-state index in [1.165, 1.54) is 0 Å². The minimum absolute atomic E-state index is 0.0440. The smallest absolute Gasteiger partial charge is 0.186 e. The fourth-order valence-electron chi connectivity index (χ4n) is 4.55. The van der Waals surface area contributed by atoms with E-state index in [1.54, 1.807) is 0 Å². The summed E-state index contributed by atoms with van der Waals surface area (Å²) in [5, 5.41) is 39.0. The number of hydrogen-bond donors (Lipinski definition) is 4. The number of carbonyl (C=O) groups is 1. The molecule has 0 aromatic heterocycles. The first kappa shape index (κ1) is 21.7. The molecule has 0 aromatic rings. The van der Waals surface area contributed by atoms with Gasteiger partial charge in [-0.2, -0.15) is 0 Å². The van der Waals surface area contributed by atoms with Crippen LogP contribution in [-0.4, -0.2) is 69.6 Å². The fraction of sp³-hybridized carbons (Fsp3) is 0.947. The lowest BCUT2D eigenvalue weighted by Crippen LogP contribution is -2.59. The minimum atomic E-state index is -1.43. The molecule has 1 heterocycles. The van der Waals surface area contributed by atoms with Crippen molar-refractivity contribution in [3.05, 3.63) is 0 Å². The van der Waals surface area contributed by atoms with Crippen molar-refractivity contribution in [1.29, 1.82) is 0 Å². The van der Waals surface area contributed by atoms with Crippen LogP contribution in [0.4, 0.5) is 0 Å². The molecule has 1 aliphatic carbocycles. The van der Waals surface area contributed by atoms with E-state index in [1.807, 2.05) is 6.92 Å². The van der Waals surface area contributed by atoms with Crippen molar-refractivity contribution < 1.29 is 34.7 Å². The maximum absolute atomic E-state index is 11.9. The van der Waals surface area contributed by atoms with Gasteiger partial charge in [0.25, 0.3) is 0 Å². The number of aliphatic hydroxyl groups excluding tert-OH is 4. The van der Waals surface area contributed by atoms with E-state index in [9.17, 15) is 25.2 Å². The van der Waals surface area contributed by atoms with Crippen LogP contribution in [0.3, 0.4) is 0 Å². The normalized spacial score (nSPS) is 41.8. The number of hydrogen-bond acceptors (Lipinski definition) is 7. The summed E-state index contributed by atoms with van der Waals surface area (Å²) >= 11 is 0. The van der Waals surface area contributed by atoms with Crippen LogP contribution in [0.2, 0.25) is 0 Å². The lowest BCUT2D eigenvalue weighted by molar-refractivity contribution is -0.310. The Morgan fingerprint density at radius 3 is 2.46 bits per heavy atom. The highest BCUT2D eigenvalue weighted by molar-refractivity contribution is 5.80. The molecule has 2 rings (SSSR count). The first-order valence-electron chi connectivity index (χ1n) is 9.54. The molecule has 2 aliphatic rings. The molecule has 0 bridgehead atoms. The Morgan fingerprint density at radius 1 is 1.23 bits per heavy atom. The molecular weight excluding hydrogens is 340 g/mol. The zero-order chi connectivity index (χ0) is 19.6. The van der Waals surface area contributed by atoms with Gasteiger partial charge in [0.05, 0.1) is 12.7 Å². The molecule has 7 heteroatoms. The van der Waals surface area contributed by atoms with E-state index in [0.29, 0.717) is 30.5 Å². The summed E-state index contributed by atoms with van der Waals surface area (Å²) in [7, 11) is 0. The summed E-state index contributed by atoms with van der Waals surface area (Å²) in [5.74, 6) is 1.05. The third-order valence-corrected chi connectivity index (χ3v) is 5.99. The Bertz CT molecular complexity index is 479. The average molecular weight is 374 g/mol. The molecule has 4 N–H and O–H groups in total. The number of ketones is 1. The molecule has 7 nitrogen and oxygen atoms in total. The predicted octanol–water partition coefficient (Wildman–Crippen LogP) is 0.613. The average Bonchev–Trinajstić information content (AvgIpc) is 2.53. The van der Waals surface area contributed by atoms with Crippen LogP contribution in [0.5, 0.6) is 0 Å². The lowest BCUT2D eigenvalue weighted by Gasteiger charge is -2.43. The van der Waals surface area contributed by atoms with Gasteiger partial charge in [0.2, 0.25) is 0 Å². The van der Waals surface area contributed by atoms with Crippen LogP contribution >= 0.6 is 0 Å². The van der Waals surface area contributed by atoms with E-state index in [0.717, 1.165) is 12.8 Å². The summed E-state index contributed by atoms with van der Waals surface area (Å²) in [5.41, 5.74) is -0.0440. The zero-order valence-corrected chi connectivity index (χ0v) is 16.2. The standard InChI is InChI=1S/C19H34O7/c1-10-7-12(21)8-19(3,4)13(10)6-5-11(2)25-18-17(24)16(23)15(22)14(9-20)26-18/h10-11,13-18,20,22-24H,5-9H2,1-4H3/t10-,11-,13+,14-,15-,16+,17-,18+/m1/s1. The van der Waals surface area contributed by atoms with Crippen molar-refractivity contribution in [2.45, 2.75) is 90.2 Å².